The highest BCUT2D eigenvalue weighted by molar-refractivity contribution is 6.24. The number of anilines is 2. The Hall–Kier alpha value is -7.49. The third kappa shape index (κ3) is 8.46. The predicted octanol–water partition coefficient (Wildman–Crippen LogP) is 4.25. The maximum Gasteiger partial charge on any atom is 0.266 e. The summed E-state index contributed by atoms with van der Waals surface area (Å²) in [5.41, 5.74) is 3.26. The molecule has 300 valence electrons. The summed E-state index contributed by atoms with van der Waals surface area (Å²) in [5, 5.41) is 14.1. The lowest BCUT2D eigenvalue weighted by Gasteiger charge is -2.27. The molecule has 59 heavy (non-hydrogen) atoms. The lowest BCUT2D eigenvalue weighted by molar-refractivity contribution is -0.136. The molecule has 1 saturated heterocycles. The van der Waals surface area contributed by atoms with Crippen molar-refractivity contribution in [3.05, 3.63) is 119 Å². The third-order valence-electron chi connectivity index (χ3n) is 9.93. The van der Waals surface area contributed by atoms with E-state index in [-0.39, 0.29) is 54.3 Å². The normalized spacial score (nSPS) is 14.7. The molecule has 4 aromatic carbocycles. The smallest absolute Gasteiger partial charge is 0.266 e. The Morgan fingerprint density at radius 3 is 2.34 bits per heavy atom. The fraction of sp³-hybridized carbons (Fsp3) is 0.209. The van der Waals surface area contributed by atoms with Gasteiger partial charge >= 0.3 is 0 Å². The van der Waals surface area contributed by atoms with Gasteiger partial charge in [0.1, 0.15) is 17.6 Å². The lowest BCUT2D eigenvalue weighted by atomic mass is 9.99. The van der Waals surface area contributed by atoms with E-state index in [1.54, 1.807) is 18.2 Å². The molecular formula is C43H38FN7O8. The van der Waals surface area contributed by atoms with Crippen molar-refractivity contribution < 1.29 is 42.7 Å². The van der Waals surface area contributed by atoms with Crippen molar-refractivity contribution in [2.24, 2.45) is 0 Å². The van der Waals surface area contributed by atoms with Crippen LogP contribution in [0.5, 0.6) is 5.75 Å². The first kappa shape index (κ1) is 39.7. The van der Waals surface area contributed by atoms with Crippen LogP contribution in [0.2, 0.25) is 0 Å². The van der Waals surface area contributed by atoms with Gasteiger partial charge in [0.2, 0.25) is 11.8 Å². The van der Waals surface area contributed by atoms with Gasteiger partial charge in [-0.3, -0.25) is 48.8 Å². The molecule has 1 atom stereocenters. The highest BCUT2D eigenvalue weighted by Crippen LogP contribution is 2.35. The molecule has 5 N–H and O–H groups in total. The SMILES string of the molecule is CNC(=O)c1cnc2ccc(-c3ccc(C(=O)NCCCCNC(=O)COc4cccc5c4C(=O)N(C4CCC(=O)NC4=O)C5=O)c(F)c3)cc2c1Nc1ccccc1. The standard InChI is InChI=1S/C43H38FN7O8/c1-45-39(54)30-22-48-32-15-13-24(20-29(32)38(30)49-26-8-3-2-4-9-26)25-12-14-27(31(44)21-25)40(55)47-19-6-5-18-46-36(53)23-59-34-11-7-10-28-37(34)43(58)51(42(28)57)33-16-17-35(52)50-41(33)56/h2-4,7-15,20-22,33H,5-6,16-19,23H2,1H3,(H,45,54)(H,46,53)(H,47,55)(H,48,49)(H,50,52,56). The van der Waals surface area contributed by atoms with Gasteiger partial charge in [-0.1, -0.05) is 36.4 Å². The topological polar surface area (TPSA) is 205 Å². The van der Waals surface area contributed by atoms with Crippen LogP contribution < -0.4 is 31.3 Å². The van der Waals surface area contributed by atoms with E-state index in [2.05, 4.69) is 31.6 Å². The van der Waals surface area contributed by atoms with Gasteiger partial charge in [0.25, 0.3) is 29.5 Å². The van der Waals surface area contributed by atoms with Crippen LogP contribution in [0.1, 0.15) is 67.1 Å². The minimum atomic E-state index is -1.13. The Labute approximate surface area is 336 Å². The fourth-order valence-corrected chi connectivity index (χ4v) is 6.93. The molecule has 16 heteroatoms. The Kier molecular flexibility index (Phi) is 11.7. The average molecular weight is 800 g/mol. The van der Waals surface area contributed by atoms with E-state index < -0.39 is 53.9 Å². The molecule has 0 spiro atoms. The van der Waals surface area contributed by atoms with Gasteiger partial charge in [-0.2, -0.15) is 0 Å². The Balaban J connectivity index is 0.896. The molecule has 7 amide bonds. The van der Waals surface area contributed by atoms with Crippen molar-refractivity contribution in [3.63, 3.8) is 0 Å². The highest BCUT2D eigenvalue weighted by Gasteiger charge is 2.46. The molecule has 5 aromatic rings. The maximum atomic E-state index is 15.4. The van der Waals surface area contributed by atoms with Crippen LogP contribution in [0.25, 0.3) is 22.0 Å². The molecule has 0 bridgehead atoms. The highest BCUT2D eigenvalue weighted by atomic mass is 19.1. The monoisotopic (exact) mass is 799 g/mol. The zero-order valence-electron chi connectivity index (χ0n) is 31.7. The summed E-state index contributed by atoms with van der Waals surface area (Å²) in [6, 6.07) is 22.3. The fourth-order valence-electron chi connectivity index (χ4n) is 6.93. The third-order valence-corrected chi connectivity index (χ3v) is 9.93. The number of carbonyl (C=O) groups is 7. The predicted molar refractivity (Wildman–Crippen MR) is 213 cm³/mol. The van der Waals surface area contributed by atoms with Gasteiger partial charge in [0, 0.05) is 43.8 Å². The van der Waals surface area contributed by atoms with Crippen LogP contribution >= 0.6 is 0 Å². The second-order valence-corrected chi connectivity index (χ2v) is 13.8. The van der Waals surface area contributed by atoms with E-state index in [9.17, 15) is 33.6 Å². The zero-order valence-corrected chi connectivity index (χ0v) is 31.7. The average Bonchev–Trinajstić information content (AvgIpc) is 3.49. The Morgan fingerprint density at radius 1 is 0.847 bits per heavy atom. The molecule has 2 aliphatic heterocycles. The number of rotatable bonds is 14. The van der Waals surface area contributed by atoms with Gasteiger partial charge < -0.3 is 26.0 Å². The number of fused-ring (bicyclic) bond motifs is 2. The summed E-state index contributed by atoms with van der Waals surface area (Å²) in [4.78, 5) is 93.6. The molecular weight excluding hydrogens is 762 g/mol. The number of aromatic nitrogens is 1. The molecule has 2 aliphatic rings. The van der Waals surface area contributed by atoms with E-state index in [1.165, 1.54) is 43.6 Å². The first-order valence-corrected chi connectivity index (χ1v) is 18.8. The van der Waals surface area contributed by atoms with Crippen molar-refractivity contribution in [1.29, 1.82) is 0 Å². The number of para-hydroxylation sites is 1. The van der Waals surface area contributed by atoms with Gasteiger partial charge in [-0.05, 0) is 78.9 Å². The van der Waals surface area contributed by atoms with Crippen molar-refractivity contribution in [3.8, 4) is 16.9 Å². The second kappa shape index (κ2) is 17.3. The van der Waals surface area contributed by atoms with E-state index in [4.69, 9.17) is 4.74 Å². The van der Waals surface area contributed by atoms with Crippen molar-refractivity contribution in [2.75, 3.05) is 32.1 Å². The number of pyridine rings is 1. The summed E-state index contributed by atoms with van der Waals surface area (Å²) < 4.78 is 21.0. The summed E-state index contributed by atoms with van der Waals surface area (Å²) in [5.74, 6) is -4.78. The summed E-state index contributed by atoms with van der Waals surface area (Å²) in [7, 11) is 1.53. The molecule has 0 aliphatic carbocycles. The summed E-state index contributed by atoms with van der Waals surface area (Å²) in [6.07, 6.45) is 2.43. The number of nitrogens with one attached hydrogen (secondary N) is 5. The van der Waals surface area contributed by atoms with Crippen LogP contribution in [-0.2, 0) is 14.4 Å². The molecule has 1 unspecified atom stereocenters. The first-order valence-electron chi connectivity index (χ1n) is 18.8. The quantitative estimate of drug-likeness (QED) is 0.0798. The van der Waals surface area contributed by atoms with Crippen LogP contribution in [-0.4, -0.2) is 84.0 Å². The molecule has 0 radical (unpaired) electrons. The van der Waals surface area contributed by atoms with Crippen LogP contribution in [0.3, 0.4) is 0 Å². The number of piperidine rings is 1. The van der Waals surface area contributed by atoms with Gasteiger partial charge in [-0.25, -0.2) is 4.39 Å². The minimum Gasteiger partial charge on any atom is -0.483 e. The van der Waals surface area contributed by atoms with Gasteiger partial charge in [0.15, 0.2) is 6.61 Å². The van der Waals surface area contributed by atoms with E-state index in [0.717, 1.165) is 10.6 Å². The summed E-state index contributed by atoms with van der Waals surface area (Å²) >= 11 is 0. The Bertz CT molecular complexity index is 2530. The molecule has 1 aromatic heterocycles. The van der Waals surface area contributed by atoms with E-state index in [1.807, 2.05) is 36.4 Å². The summed E-state index contributed by atoms with van der Waals surface area (Å²) in [6.45, 7) is -0.00464. The van der Waals surface area contributed by atoms with Crippen molar-refractivity contribution in [1.82, 2.24) is 31.2 Å². The minimum absolute atomic E-state index is 0.00469. The number of nitrogens with zero attached hydrogens (tertiary/aromatic N) is 2. The zero-order chi connectivity index (χ0) is 41.6. The van der Waals surface area contributed by atoms with Crippen molar-refractivity contribution in [2.45, 2.75) is 31.7 Å². The number of carbonyl (C=O) groups excluding carboxylic acids is 7. The van der Waals surface area contributed by atoms with Gasteiger partial charge in [-0.15, -0.1) is 0 Å². The molecule has 1 fully saturated rings. The second-order valence-electron chi connectivity index (χ2n) is 13.8. The number of amides is 7. The van der Waals surface area contributed by atoms with Crippen LogP contribution in [0, 0.1) is 5.82 Å². The van der Waals surface area contributed by atoms with E-state index in [0.29, 0.717) is 46.1 Å². The lowest BCUT2D eigenvalue weighted by Crippen LogP contribution is -2.54. The molecule has 15 nitrogen and oxygen atoms in total. The number of hydrogen-bond acceptors (Lipinski definition) is 10. The number of benzene rings is 4. The number of ether oxygens (including phenoxy) is 1. The molecule has 3 heterocycles. The van der Waals surface area contributed by atoms with Crippen molar-refractivity contribution >= 4 is 63.6 Å². The molecule has 7 rings (SSSR count). The van der Waals surface area contributed by atoms with E-state index >= 15 is 4.39 Å². The number of unbranched alkanes of at least 4 members (excludes halogenated alkanes) is 1. The number of halogens is 1. The van der Waals surface area contributed by atoms with Crippen LogP contribution in [0.15, 0.2) is 91.1 Å². The maximum absolute atomic E-state index is 15.4. The van der Waals surface area contributed by atoms with Crippen LogP contribution in [0.4, 0.5) is 15.8 Å². The van der Waals surface area contributed by atoms with Gasteiger partial charge in [0.05, 0.1) is 33.5 Å². The number of imide groups is 2. The number of hydrogen-bond donors (Lipinski definition) is 5. The largest absolute Gasteiger partial charge is 0.483 e. The first-order chi connectivity index (χ1) is 28.5. The Morgan fingerprint density at radius 2 is 1.59 bits per heavy atom. The molecule has 0 saturated carbocycles.